The van der Waals surface area contributed by atoms with Gasteiger partial charge in [0.1, 0.15) is 11.3 Å². The van der Waals surface area contributed by atoms with E-state index in [1.165, 1.54) is 11.3 Å². The Balaban J connectivity index is 1.50. The van der Waals surface area contributed by atoms with E-state index in [4.69, 9.17) is 4.74 Å². The van der Waals surface area contributed by atoms with Crippen molar-refractivity contribution in [1.29, 1.82) is 0 Å². The fourth-order valence-electron chi connectivity index (χ4n) is 2.83. The number of carbonyl (C=O) groups excluding carboxylic acids is 3. The van der Waals surface area contributed by atoms with Crippen molar-refractivity contribution in [2.75, 3.05) is 19.0 Å². The molecule has 1 aliphatic rings. The Morgan fingerprint density at radius 2 is 2.00 bits per heavy atom. The van der Waals surface area contributed by atoms with Gasteiger partial charge in [0.25, 0.3) is 5.91 Å². The van der Waals surface area contributed by atoms with Crippen molar-refractivity contribution in [3.05, 3.63) is 29.6 Å². The maximum absolute atomic E-state index is 12.1. The molecule has 1 saturated heterocycles. The van der Waals surface area contributed by atoms with Crippen LogP contribution in [0.5, 0.6) is 5.75 Å². The summed E-state index contributed by atoms with van der Waals surface area (Å²) in [6.07, 6.45) is 0.576. The number of carbonyl (C=O) groups is 3. The quantitative estimate of drug-likeness (QED) is 0.694. The lowest BCUT2D eigenvalue weighted by atomic mass is 10.1. The van der Waals surface area contributed by atoms with Crippen LogP contribution in [0.25, 0.3) is 11.3 Å². The molecule has 0 atom stereocenters. The second-order valence-corrected chi connectivity index (χ2v) is 7.79. The van der Waals surface area contributed by atoms with Gasteiger partial charge in [-0.05, 0) is 44.5 Å². The Hall–Kier alpha value is -2.94. The molecule has 1 aromatic heterocycles. The van der Waals surface area contributed by atoms with Crippen molar-refractivity contribution in [2.24, 2.45) is 0 Å². The predicted molar refractivity (Wildman–Crippen MR) is 106 cm³/mol. The molecule has 2 aromatic rings. The maximum atomic E-state index is 12.1. The maximum Gasteiger partial charge on any atom is 0.325 e. The first-order chi connectivity index (χ1) is 13.3. The van der Waals surface area contributed by atoms with Gasteiger partial charge < -0.3 is 15.4 Å². The van der Waals surface area contributed by atoms with E-state index >= 15 is 0 Å². The minimum atomic E-state index is -0.891. The van der Waals surface area contributed by atoms with E-state index in [1.54, 1.807) is 21.0 Å². The van der Waals surface area contributed by atoms with E-state index in [0.29, 0.717) is 11.6 Å². The number of amides is 4. The summed E-state index contributed by atoms with van der Waals surface area (Å²) in [5.74, 6) is 0.282. The molecule has 0 aliphatic carbocycles. The first kappa shape index (κ1) is 19.8. The number of methoxy groups -OCH3 is 1. The van der Waals surface area contributed by atoms with Crippen LogP contribution in [0.1, 0.15) is 26.7 Å². The van der Waals surface area contributed by atoms with Gasteiger partial charge in [0, 0.05) is 23.9 Å². The Labute approximate surface area is 166 Å². The summed E-state index contributed by atoms with van der Waals surface area (Å²) in [7, 11) is 1.61. The highest BCUT2D eigenvalue weighted by Gasteiger charge is 2.43. The zero-order valence-corrected chi connectivity index (χ0v) is 16.8. The Morgan fingerprint density at radius 3 is 2.61 bits per heavy atom. The normalized spacial score (nSPS) is 15.5. The minimum absolute atomic E-state index is 0.189. The van der Waals surface area contributed by atoms with Crippen molar-refractivity contribution in [1.82, 2.24) is 15.2 Å². The molecular weight excluding hydrogens is 380 g/mol. The van der Waals surface area contributed by atoms with Crippen LogP contribution in [0, 0.1) is 0 Å². The number of nitrogens with zero attached hydrogens (tertiary/aromatic N) is 2. The number of aromatic nitrogens is 1. The highest BCUT2D eigenvalue weighted by molar-refractivity contribution is 7.14. The molecule has 2 heterocycles. The van der Waals surface area contributed by atoms with E-state index < -0.39 is 11.6 Å². The molecular formula is C19H22N4O4S. The molecule has 9 heteroatoms. The fraction of sp³-hybridized carbons (Fsp3) is 0.368. The number of urea groups is 1. The van der Waals surface area contributed by atoms with Crippen LogP contribution < -0.4 is 15.4 Å². The van der Waals surface area contributed by atoms with Crippen LogP contribution in [-0.4, -0.2) is 46.9 Å². The van der Waals surface area contributed by atoms with Crippen molar-refractivity contribution in [3.8, 4) is 17.0 Å². The molecule has 148 valence electrons. The Kier molecular flexibility index (Phi) is 5.64. The average molecular weight is 402 g/mol. The van der Waals surface area contributed by atoms with Crippen molar-refractivity contribution in [2.45, 2.75) is 32.2 Å². The van der Waals surface area contributed by atoms with E-state index in [9.17, 15) is 14.4 Å². The van der Waals surface area contributed by atoms with E-state index in [0.717, 1.165) is 21.9 Å². The number of anilines is 1. The van der Waals surface area contributed by atoms with Crippen LogP contribution in [0.2, 0.25) is 0 Å². The lowest BCUT2D eigenvalue weighted by molar-refractivity contribution is -0.130. The predicted octanol–water partition coefficient (Wildman–Crippen LogP) is 2.87. The third kappa shape index (κ3) is 4.30. The highest BCUT2D eigenvalue weighted by Crippen LogP contribution is 2.26. The lowest BCUT2D eigenvalue weighted by Gasteiger charge is -2.15. The summed E-state index contributed by atoms with van der Waals surface area (Å²) in [5, 5.41) is 7.75. The van der Waals surface area contributed by atoms with E-state index in [-0.39, 0.29) is 24.8 Å². The molecule has 1 aromatic carbocycles. The molecule has 2 N–H and O–H groups in total. The molecule has 1 aliphatic heterocycles. The topological polar surface area (TPSA) is 101 Å². The second-order valence-electron chi connectivity index (χ2n) is 6.93. The van der Waals surface area contributed by atoms with Crippen LogP contribution >= 0.6 is 11.3 Å². The third-order valence-corrected chi connectivity index (χ3v) is 5.12. The molecule has 0 unspecified atom stereocenters. The molecule has 0 saturated carbocycles. The monoisotopic (exact) mass is 402 g/mol. The molecule has 0 radical (unpaired) electrons. The summed E-state index contributed by atoms with van der Waals surface area (Å²) < 4.78 is 5.14. The minimum Gasteiger partial charge on any atom is -0.497 e. The largest absolute Gasteiger partial charge is 0.497 e. The first-order valence-electron chi connectivity index (χ1n) is 8.84. The number of hydrogen-bond donors (Lipinski definition) is 2. The molecule has 0 spiro atoms. The molecule has 1 fully saturated rings. The van der Waals surface area contributed by atoms with Gasteiger partial charge >= 0.3 is 6.03 Å². The summed E-state index contributed by atoms with van der Waals surface area (Å²) in [6, 6.07) is 7.09. The van der Waals surface area contributed by atoms with E-state index in [1.807, 2.05) is 29.6 Å². The van der Waals surface area contributed by atoms with Crippen LogP contribution in [-0.2, 0) is 9.59 Å². The third-order valence-electron chi connectivity index (χ3n) is 4.37. The number of benzene rings is 1. The SMILES string of the molecule is COc1ccc(-c2csc(NC(=O)CCCN3C(=O)NC(C)(C)C3=O)n2)cc1. The Bertz CT molecular complexity index is 892. The molecule has 8 nitrogen and oxygen atoms in total. The van der Waals surface area contributed by atoms with Gasteiger partial charge in [-0.1, -0.05) is 0 Å². The van der Waals surface area contributed by atoms with Crippen LogP contribution in [0.4, 0.5) is 9.93 Å². The summed E-state index contributed by atoms with van der Waals surface area (Å²) in [5.41, 5.74) is 0.807. The van der Waals surface area contributed by atoms with Crippen molar-refractivity contribution >= 4 is 34.3 Å². The number of thiazole rings is 1. The van der Waals surface area contributed by atoms with E-state index in [2.05, 4.69) is 15.6 Å². The molecule has 3 rings (SSSR count). The van der Waals surface area contributed by atoms with Crippen molar-refractivity contribution in [3.63, 3.8) is 0 Å². The molecule has 28 heavy (non-hydrogen) atoms. The zero-order valence-electron chi connectivity index (χ0n) is 15.9. The van der Waals surface area contributed by atoms with Gasteiger partial charge in [-0.15, -0.1) is 11.3 Å². The van der Waals surface area contributed by atoms with Gasteiger partial charge in [-0.3, -0.25) is 14.5 Å². The smallest absolute Gasteiger partial charge is 0.325 e. The lowest BCUT2D eigenvalue weighted by Crippen LogP contribution is -2.40. The van der Waals surface area contributed by atoms with Crippen molar-refractivity contribution < 1.29 is 19.1 Å². The zero-order chi connectivity index (χ0) is 20.3. The Morgan fingerprint density at radius 1 is 1.29 bits per heavy atom. The first-order valence-corrected chi connectivity index (χ1v) is 9.72. The number of hydrogen-bond acceptors (Lipinski definition) is 6. The van der Waals surface area contributed by atoms with Gasteiger partial charge in [-0.2, -0.15) is 0 Å². The molecule has 0 bridgehead atoms. The summed E-state index contributed by atoms with van der Waals surface area (Å²) in [6.45, 7) is 3.52. The van der Waals surface area contributed by atoms with Gasteiger partial charge in [-0.25, -0.2) is 9.78 Å². The highest BCUT2D eigenvalue weighted by atomic mass is 32.1. The van der Waals surface area contributed by atoms with Crippen LogP contribution in [0.15, 0.2) is 29.6 Å². The number of imide groups is 1. The summed E-state index contributed by atoms with van der Waals surface area (Å²) >= 11 is 1.34. The standard InChI is InChI=1S/C19H22N4O4S/c1-19(2)16(25)23(18(26)22-19)10-4-5-15(24)21-17-20-14(11-28-17)12-6-8-13(27-3)9-7-12/h6-9,11H,4-5,10H2,1-3H3,(H,22,26)(H,20,21,24). The van der Waals surface area contributed by atoms with Gasteiger partial charge in [0.15, 0.2) is 5.13 Å². The number of rotatable bonds is 7. The van der Waals surface area contributed by atoms with Gasteiger partial charge in [0.05, 0.1) is 12.8 Å². The van der Waals surface area contributed by atoms with Gasteiger partial charge in [0.2, 0.25) is 5.91 Å². The summed E-state index contributed by atoms with van der Waals surface area (Å²) in [4.78, 5) is 41.6. The average Bonchev–Trinajstić information content (AvgIpc) is 3.19. The number of nitrogens with one attached hydrogen (secondary N) is 2. The van der Waals surface area contributed by atoms with Crippen LogP contribution in [0.3, 0.4) is 0 Å². The fourth-order valence-corrected chi connectivity index (χ4v) is 3.56. The number of ether oxygens (including phenoxy) is 1. The molecule has 4 amide bonds. The second kappa shape index (κ2) is 7.97.